The molecular weight excluding hydrogens is 451 g/mol. The summed E-state index contributed by atoms with van der Waals surface area (Å²) in [5, 5.41) is 6.64. The average molecular weight is 478 g/mol. The first-order chi connectivity index (χ1) is 11.5. The van der Waals surface area contributed by atoms with E-state index in [1.807, 2.05) is 12.1 Å². The Balaban J connectivity index is 0.00000225. The van der Waals surface area contributed by atoms with Crippen molar-refractivity contribution in [3.63, 3.8) is 0 Å². The van der Waals surface area contributed by atoms with Crippen LogP contribution in [0.3, 0.4) is 0 Å². The van der Waals surface area contributed by atoms with Gasteiger partial charge in [0, 0.05) is 32.7 Å². The largest absolute Gasteiger partial charge is 0.353 e. The van der Waals surface area contributed by atoms with Gasteiger partial charge in [0.25, 0.3) is 0 Å². The Bertz CT molecular complexity index is 700. The highest BCUT2D eigenvalue weighted by atomic mass is 127. The molecule has 2 fully saturated rings. The molecule has 0 aromatic heterocycles. The fourth-order valence-electron chi connectivity index (χ4n) is 2.94. The van der Waals surface area contributed by atoms with E-state index in [-0.39, 0.29) is 24.0 Å². The molecule has 2 N–H and O–H groups in total. The summed E-state index contributed by atoms with van der Waals surface area (Å²) in [5.74, 6) is 1.50. The van der Waals surface area contributed by atoms with E-state index in [0.29, 0.717) is 36.5 Å². The van der Waals surface area contributed by atoms with Gasteiger partial charge in [-0.1, -0.05) is 19.1 Å². The van der Waals surface area contributed by atoms with Crippen molar-refractivity contribution >= 4 is 40.0 Å². The van der Waals surface area contributed by atoms with Crippen molar-refractivity contribution in [3.8, 4) is 0 Å². The molecule has 25 heavy (non-hydrogen) atoms. The van der Waals surface area contributed by atoms with Crippen LogP contribution >= 0.6 is 24.0 Å². The fourth-order valence-corrected chi connectivity index (χ4v) is 4.45. The lowest BCUT2D eigenvalue weighted by molar-refractivity contribution is 0.477. The van der Waals surface area contributed by atoms with E-state index in [1.54, 1.807) is 23.5 Å². The molecule has 1 heterocycles. The zero-order valence-corrected chi connectivity index (χ0v) is 17.9. The van der Waals surface area contributed by atoms with Crippen LogP contribution in [-0.2, 0) is 16.6 Å². The second-order valence-electron chi connectivity index (χ2n) is 6.64. The number of hydrogen-bond donors (Lipinski definition) is 2. The maximum atomic E-state index is 12.5. The lowest BCUT2D eigenvalue weighted by atomic mass is 10.2. The highest BCUT2D eigenvalue weighted by molar-refractivity contribution is 14.0. The Morgan fingerprint density at radius 3 is 2.36 bits per heavy atom. The number of benzene rings is 1. The van der Waals surface area contributed by atoms with Crippen LogP contribution in [0.2, 0.25) is 0 Å². The maximum absolute atomic E-state index is 12.5. The summed E-state index contributed by atoms with van der Waals surface area (Å²) in [6.07, 6.45) is 3.09. The van der Waals surface area contributed by atoms with Crippen LogP contribution in [0.25, 0.3) is 0 Å². The molecule has 0 radical (unpaired) electrons. The molecule has 0 bridgehead atoms. The Kier molecular flexibility index (Phi) is 7.10. The zero-order valence-electron chi connectivity index (χ0n) is 14.7. The Morgan fingerprint density at radius 1 is 1.24 bits per heavy atom. The van der Waals surface area contributed by atoms with Gasteiger partial charge in [0.15, 0.2) is 5.96 Å². The molecule has 1 aromatic carbocycles. The van der Waals surface area contributed by atoms with Crippen LogP contribution in [0.15, 0.2) is 34.2 Å². The highest BCUT2D eigenvalue weighted by Gasteiger charge is 2.33. The summed E-state index contributed by atoms with van der Waals surface area (Å²) >= 11 is 0. The molecule has 1 saturated heterocycles. The molecule has 140 valence electrons. The monoisotopic (exact) mass is 478 g/mol. The second-order valence-corrected chi connectivity index (χ2v) is 8.58. The van der Waals surface area contributed by atoms with Crippen LogP contribution < -0.4 is 10.6 Å². The molecule has 1 aliphatic carbocycles. The summed E-state index contributed by atoms with van der Waals surface area (Å²) in [5.41, 5.74) is 1.03. The van der Waals surface area contributed by atoms with Gasteiger partial charge >= 0.3 is 0 Å². The lowest BCUT2D eigenvalue weighted by Crippen LogP contribution is -2.38. The predicted molar refractivity (Wildman–Crippen MR) is 111 cm³/mol. The Hall–Kier alpha value is -0.870. The first kappa shape index (κ1) is 20.4. The second kappa shape index (κ2) is 8.68. The molecule has 2 aliphatic rings. The van der Waals surface area contributed by atoms with Gasteiger partial charge in [0.05, 0.1) is 4.90 Å². The van der Waals surface area contributed by atoms with E-state index in [4.69, 9.17) is 0 Å². The topological polar surface area (TPSA) is 73.8 Å². The molecule has 8 heteroatoms. The smallest absolute Gasteiger partial charge is 0.243 e. The third-order valence-electron chi connectivity index (χ3n) is 4.74. The van der Waals surface area contributed by atoms with Crippen LogP contribution in [0, 0.1) is 5.92 Å². The van der Waals surface area contributed by atoms with Gasteiger partial charge in [-0.25, -0.2) is 8.42 Å². The van der Waals surface area contributed by atoms with E-state index in [2.05, 4.69) is 22.5 Å². The molecule has 0 amide bonds. The van der Waals surface area contributed by atoms with Gasteiger partial charge in [-0.05, 0) is 42.9 Å². The Labute approximate surface area is 167 Å². The van der Waals surface area contributed by atoms with Crippen molar-refractivity contribution in [2.75, 3.05) is 20.1 Å². The first-order valence-electron chi connectivity index (χ1n) is 8.57. The normalized spacial score (nSPS) is 23.8. The molecule has 3 rings (SSSR count). The SMILES string of the molecule is CN=C(NCc1ccc(S(=O)(=O)N2CCCC2)cc1)NC1CC1C.I. The number of hydrogen-bond acceptors (Lipinski definition) is 3. The van der Waals surface area contributed by atoms with Crippen LogP contribution in [0.1, 0.15) is 31.7 Å². The number of guanidine groups is 1. The van der Waals surface area contributed by atoms with Crippen molar-refractivity contribution in [2.24, 2.45) is 10.9 Å². The van der Waals surface area contributed by atoms with Crippen molar-refractivity contribution in [3.05, 3.63) is 29.8 Å². The highest BCUT2D eigenvalue weighted by Crippen LogP contribution is 2.28. The predicted octanol–water partition coefficient (Wildman–Crippen LogP) is 2.16. The van der Waals surface area contributed by atoms with Gasteiger partial charge in [-0.2, -0.15) is 4.31 Å². The van der Waals surface area contributed by atoms with E-state index >= 15 is 0 Å². The molecule has 0 spiro atoms. The van der Waals surface area contributed by atoms with Gasteiger partial charge in [0.2, 0.25) is 10.0 Å². The standard InChI is InChI=1S/C17H26N4O2S.HI/c1-13-11-16(13)20-17(18-2)19-12-14-5-7-15(8-6-14)24(22,23)21-9-3-4-10-21;/h5-8,13,16H,3-4,9-12H2,1-2H3,(H2,18,19,20);1H. The summed E-state index contributed by atoms with van der Waals surface area (Å²) in [6.45, 7) is 4.09. The maximum Gasteiger partial charge on any atom is 0.243 e. The molecule has 1 saturated carbocycles. The number of halogens is 1. The average Bonchev–Trinajstić information content (AvgIpc) is 3.05. The number of nitrogens with one attached hydrogen (secondary N) is 2. The van der Waals surface area contributed by atoms with E-state index < -0.39 is 10.0 Å². The zero-order chi connectivity index (χ0) is 17.2. The minimum absolute atomic E-state index is 0. The van der Waals surface area contributed by atoms with Crippen LogP contribution in [0.5, 0.6) is 0 Å². The van der Waals surface area contributed by atoms with Gasteiger partial charge in [0.1, 0.15) is 0 Å². The number of nitrogens with zero attached hydrogens (tertiary/aromatic N) is 2. The van der Waals surface area contributed by atoms with Crippen LogP contribution in [-0.4, -0.2) is 44.9 Å². The van der Waals surface area contributed by atoms with Gasteiger partial charge < -0.3 is 10.6 Å². The molecular formula is C17H27IN4O2S. The fraction of sp³-hybridized carbons (Fsp3) is 0.588. The van der Waals surface area contributed by atoms with E-state index in [1.165, 1.54) is 6.42 Å². The summed E-state index contributed by atoms with van der Waals surface area (Å²) < 4.78 is 26.6. The van der Waals surface area contributed by atoms with Crippen molar-refractivity contribution < 1.29 is 8.42 Å². The molecule has 2 unspecified atom stereocenters. The van der Waals surface area contributed by atoms with Crippen molar-refractivity contribution in [1.82, 2.24) is 14.9 Å². The molecule has 2 atom stereocenters. The summed E-state index contributed by atoms with van der Waals surface area (Å²) in [4.78, 5) is 4.60. The van der Waals surface area contributed by atoms with E-state index in [9.17, 15) is 8.42 Å². The van der Waals surface area contributed by atoms with Crippen LogP contribution in [0.4, 0.5) is 0 Å². The molecule has 1 aromatic rings. The van der Waals surface area contributed by atoms with Crippen molar-refractivity contribution in [1.29, 1.82) is 0 Å². The number of rotatable bonds is 5. The van der Waals surface area contributed by atoms with Crippen molar-refractivity contribution in [2.45, 2.75) is 43.7 Å². The first-order valence-corrected chi connectivity index (χ1v) is 10.0. The van der Waals surface area contributed by atoms with E-state index in [0.717, 1.165) is 24.4 Å². The summed E-state index contributed by atoms with van der Waals surface area (Å²) in [6, 6.07) is 7.64. The minimum atomic E-state index is -3.33. The molecule has 6 nitrogen and oxygen atoms in total. The van der Waals surface area contributed by atoms with Gasteiger partial charge in [-0.3, -0.25) is 4.99 Å². The quantitative estimate of drug-likeness (QED) is 0.387. The number of aliphatic imine (C=N–C) groups is 1. The number of sulfonamides is 1. The third-order valence-corrected chi connectivity index (χ3v) is 6.65. The molecule has 1 aliphatic heterocycles. The minimum Gasteiger partial charge on any atom is -0.353 e. The lowest BCUT2D eigenvalue weighted by Gasteiger charge is -2.16. The Morgan fingerprint density at radius 2 is 1.84 bits per heavy atom. The van der Waals surface area contributed by atoms with Gasteiger partial charge in [-0.15, -0.1) is 24.0 Å². The third kappa shape index (κ3) is 5.07. The summed E-state index contributed by atoms with van der Waals surface area (Å²) in [7, 11) is -1.57.